The topological polar surface area (TPSA) is 201 Å². The summed E-state index contributed by atoms with van der Waals surface area (Å²) in [5.41, 5.74) is 6.79. The van der Waals surface area contributed by atoms with Crippen LogP contribution in [0.3, 0.4) is 0 Å². The Balaban J connectivity index is 1.82. The second-order valence-corrected chi connectivity index (χ2v) is 15.4. The molecule has 1 heterocycles. The number of anilines is 1. The van der Waals surface area contributed by atoms with E-state index in [0.29, 0.717) is 63.9 Å². The first-order valence-electron chi connectivity index (χ1n) is 18.2. The molecule has 2 atom stereocenters. The number of nitrogens with zero attached hydrogens (tertiary/aromatic N) is 3. The van der Waals surface area contributed by atoms with Crippen molar-refractivity contribution in [3.63, 3.8) is 0 Å². The van der Waals surface area contributed by atoms with Crippen molar-refractivity contribution in [3.8, 4) is 0 Å². The van der Waals surface area contributed by atoms with E-state index >= 15 is 0 Å². The van der Waals surface area contributed by atoms with Gasteiger partial charge in [0, 0.05) is 42.7 Å². The summed E-state index contributed by atoms with van der Waals surface area (Å²) >= 11 is 0. The van der Waals surface area contributed by atoms with Crippen LogP contribution in [0.15, 0.2) is 42.9 Å². The molecule has 0 aliphatic carbocycles. The zero-order chi connectivity index (χ0) is 39.6. The standard InChI is InChI=1S/C38H62N8O7/c1-26(2)33(42-27(3)40-17-19-51-21-22-52-20-18-46-24-32(44-45-46)37(4,5)6)31(47)23-29(11-10-16-41-36(39)50)34(48)43-30-14-12-28(13-15-30)25-53-35(49)38(7,8)9/h12-15,24,26,29,33,40,42H,3,10-11,16-23,25H2,1-2,4-9H3,(H,43,48)(H3,39,41,50)/t29-,33+/m1/s1. The Bertz CT molecular complexity index is 1460. The highest BCUT2D eigenvalue weighted by molar-refractivity contribution is 5.96. The molecule has 0 aliphatic heterocycles. The SMILES string of the molecule is C=C(NCCOCCOCCn1cc(C(C)(C)C)nn1)N[C@H](C(=O)C[C@@H](CCCNC(N)=O)C(=O)Nc1ccc(COC(=O)C(C)(C)C)cc1)C(C)C. The molecule has 296 valence electrons. The van der Waals surface area contributed by atoms with Gasteiger partial charge in [-0.3, -0.25) is 14.4 Å². The first kappa shape index (κ1) is 44.7. The van der Waals surface area contributed by atoms with Crippen molar-refractivity contribution in [2.45, 2.75) is 99.3 Å². The quantitative estimate of drug-likeness (QED) is 0.0768. The lowest BCUT2D eigenvalue weighted by atomic mass is 9.89. The van der Waals surface area contributed by atoms with Crippen LogP contribution in [0.1, 0.15) is 85.9 Å². The molecular formula is C38H62N8O7. The summed E-state index contributed by atoms with van der Waals surface area (Å²) in [6.45, 7) is 22.7. The average molecular weight is 743 g/mol. The van der Waals surface area contributed by atoms with E-state index < -0.39 is 23.4 Å². The number of hydrogen-bond acceptors (Lipinski definition) is 11. The number of hydrogen-bond donors (Lipinski definition) is 5. The van der Waals surface area contributed by atoms with Gasteiger partial charge in [-0.05, 0) is 57.2 Å². The zero-order valence-electron chi connectivity index (χ0n) is 32.9. The van der Waals surface area contributed by atoms with Gasteiger partial charge in [-0.1, -0.05) is 58.5 Å². The number of ketones is 1. The fourth-order valence-corrected chi connectivity index (χ4v) is 4.91. The van der Waals surface area contributed by atoms with E-state index in [1.54, 1.807) is 49.7 Å². The molecule has 0 radical (unpaired) electrons. The summed E-state index contributed by atoms with van der Waals surface area (Å²) in [7, 11) is 0. The number of nitrogens with two attached hydrogens (primary N) is 1. The minimum Gasteiger partial charge on any atom is -0.460 e. The highest BCUT2D eigenvalue weighted by Gasteiger charge is 2.29. The van der Waals surface area contributed by atoms with Gasteiger partial charge < -0.3 is 41.2 Å². The molecule has 0 spiro atoms. The Labute approximate surface area is 314 Å². The molecule has 15 heteroatoms. The van der Waals surface area contributed by atoms with Gasteiger partial charge in [0.15, 0.2) is 5.78 Å². The Morgan fingerprint density at radius 3 is 2.17 bits per heavy atom. The molecule has 0 unspecified atom stereocenters. The van der Waals surface area contributed by atoms with E-state index in [4.69, 9.17) is 19.9 Å². The smallest absolute Gasteiger partial charge is 0.312 e. The number of rotatable bonds is 24. The molecule has 3 amide bonds. The van der Waals surface area contributed by atoms with Crippen LogP contribution in [0.4, 0.5) is 10.5 Å². The van der Waals surface area contributed by atoms with Crippen molar-refractivity contribution in [3.05, 3.63) is 54.1 Å². The monoisotopic (exact) mass is 742 g/mol. The second-order valence-electron chi connectivity index (χ2n) is 15.4. The lowest BCUT2D eigenvalue weighted by Gasteiger charge is -2.26. The Hall–Kier alpha value is -4.50. The number of carbonyl (C=O) groups excluding carboxylic acids is 4. The highest BCUT2D eigenvalue weighted by atomic mass is 16.5. The maximum Gasteiger partial charge on any atom is 0.312 e. The van der Waals surface area contributed by atoms with Crippen molar-refractivity contribution in [1.29, 1.82) is 0 Å². The van der Waals surface area contributed by atoms with Gasteiger partial charge in [0.25, 0.3) is 0 Å². The molecule has 0 saturated heterocycles. The Morgan fingerprint density at radius 2 is 1.58 bits per heavy atom. The number of amides is 3. The van der Waals surface area contributed by atoms with Crippen molar-refractivity contribution in [2.24, 2.45) is 23.0 Å². The lowest BCUT2D eigenvalue weighted by molar-refractivity contribution is -0.154. The fraction of sp³-hybridized carbons (Fsp3) is 0.632. The van der Waals surface area contributed by atoms with Gasteiger partial charge in [-0.25, -0.2) is 9.48 Å². The van der Waals surface area contributed by atoms with E-state index in [2.05, 4.69) is 58.9 Å². The molecule has 1 aromatic heterocycles. The van der Waals surface area contributed by atoms with Gasteiger partial charge in [0.2, 0.25) is 5.91 Å². The summed E-state index contributed by atoms with van der Waals surface area (Å²) in [5.74, 6) is -1.05. The predicted octanol–water partition coefficient (Wildman–Crippen LogP) is 4.04. The average Bonchev–Trinajstić information content (AvgIpc) is 3.56. The first-order chi connectivity index (χ1) is 24.9. The molecular weight excluding hydrogens is 680 g/mol. The van der Waals surface area contributed by atoms with Gasteiger partial charge in [0.05, 0.1) is 55.9 Å². The Kier molecular flexibility index (Phi) is 18.4. The van der Waals surface area contributed by atoms with Crippen LogP contribution in [0.2, 0.25) is 0 Å². The van der Waals surface area contributed by atoms with Gasteiger partial charge in [-0.15, -0.1) is 5.10 Å². The van der Waals surface area contributed by atoms with Crippen LogP contribution in [0.25, 0.3) is 0 Å². The number of urea groups is 1. The lowest BCUT2D eigenvalue weighted by Crippen LogP contribution is -2.45. The van der Waals surface area contributed by atoms with E-state index in [9.17, 15) is 19.2 Å². The van der Waals surface area contributed by atoms with E-state index in [1.165, 1.54) is 0 Å². The third-order valence-corrected chi connectivity index (χ3v) is 8.12. The minimum absolute atomic E-state index is 0.0237. The van der Waals surface area contributed by atoms with Crippen molar-refractivity contribution in [1.82, 2.24) is 30.9 Å². The summed E-state index contributed by atoms with van der Waals surface area (Å²) in [5, 5.41) is 20.1. The molecule has 53 heavy (non-hydrogen) atoms. The van der Waals surface area contributed by atoms with Gasteiger partial charge in [-0.2, -0.15) is 0 Å². The summed E-state index contributed by atoms with van der Waals surface area (Å²) in [6.07, 6.45) is 2.71. The first-order valence-corrected chi connectivity index (χ1v) is 18.2. The van der Waals surface area contributed by atoms with Crippen LogP contribution < -0.4 is 27.0 Å². The number of benzene rings is 1. The van der Waals surface area contributed by atoms with E-state index in [1.807, 2.05) is 20.0 Å². The molecule has 2 rings (SSSR count). The number of primary amides is 1. The third kappa shape index (κ3) is 17.7. The van der Waals surface area contributed by atoms with E-state index in [0.717, 1.165) is 11.3 Å². The number of nitrogens with one attached hydrogen (secondary N) is 4. The molecule has 2 aromatic rings. The van der Waals surface area contributed by atoms with Crippen LogP contribution >= 0.6 is 0 Å². The van der Waals surface area contributed by atoms with Crippen molar-refractivity contribution < 1.29 is 33.4 Å². The largest absolute Gasteiger partial charge is 0.460 e. The zero-order valence-corrected chi connectivity index (χ0v) is 32.9. The maximum atomic E-state index is 13.6. The minimum atomic E-state index is -0.665. The number of ether oxygens (including phenoxy) is 3. The summed E-state index contributed by atoms with van der Waals surface area (Å²) in [6, 6.07) is 5.73. The van der Waals surface area contributed by atoms with Crippen LogP contribution in [-0.4, -0.2) is 84.2 Å². The van der Waals surface area contributed by atoms with Crippen molar-refractivity contribution in [2.75, 3.05) is 44.8 Å². The molecule has 6 N–H and O–H groups in total. The number of aromatic nitrogens is 3. The van der Waals surface area contributed by atoms with Gasteiger partial charge in [0.1, 0.15) is 6.61 Å². The van der Waals surface area contributed by atoms with Gasteiger partial charge >= 0.3 is 12.0 Å². The molecule has 0 aliphatic rings. The normalized spacial score (nSPS) is 12.8. The van der Waals surface area contributed by atoms with E-state index in [-0.39, 0.29) is 48.6 Å². The fourth-order valence-electron chi connectivity index (χ4n) is 4.91. The maximum absolute atomic E-state index is 13.6. The number of esters is 1. The Morgan fingerprint density at radius 1 is 0.925 bits per heavy atom. The number of Topliss-reactive ketones (excluding diaryl/α,β-unsaturated/α-hetero) is 1. The molecule has 0 bridgehead atoms. The third-order valence-electron chi connectivity index (χ3n) is 8.12. The van der Waals surface area contributed by atoms with Crippen LogP contribution in [0.5, 0.6) is 0 Å². The number of carbonyl (C=O) groups is 4. The highest BCUT2D eigenvalue weighted by Crippen LogP contribution is 2.21. The second kappa shape index (κ2) is 21.9. The molecule has 15 nitrogen and oxygen atoms in total. The van der Waals surface area contributed by atoms with Crippen LogP contribution in [-0.2, 0) is 47.2 Å². The molecule has 0 saturated carbocycles. The van der Waals surface area contributed by atoms with Crippen molar-refractivity contribution >= 4 is 29.4 Å². The predicted molar refractivity (Wildman–Crippen MR) is 204 cm³/mol. The molecule has 0 fully saturated rings. The van der Waals surface area contributed by atoms with Crippen LogP contribution in [0, 0.1) is 17.3 Å². The summed E-state index contributed by atoms with van der Waals surface area (Å²) in [4.78, 5) is 50.4. The summed E-state index contributed by atoms with van der Waals surface area (Å²) < 4.78 is 18.5. The molecule has 1 aromatic carbocycles.